The maximum absolute atomic E-state index is 11.4. The zero-order chi connectivity index (χ0) is 14.0. The topological polar surface area (TPSA) is 64.8 Å². The van der Waals surface area contributed by atoms with Crippen LogP contribution in [0.25, 0.3) is 0 Å². The summed E-state index contributed by atoms with van der Waals surface area (Å²) in [6, 6.07) is 5.52. The molecule has 2 N–H and O–H groups in total. The SMILES string of the molecule is COC1CN(c2ccc(C(C)=O)c(N)c2)CC1OC. The van der Waals surface area contributed by atoms with Gasteiger partial charge in [-0.3, -0.25) is 4.79 Å². The van der Waals surface area contributed by atoms with Crippen LogP contribution in [0.4, 0.5) is 11.4 Å². The number of hydrogen-bond donors (Lipinski definition) is 1. The lowest BCUT2D eigenvalue weighted by molar-refractivity contribution is -0.00461. The van der Waals surface area contributed by atoms with Gasteiger partial charge in [-0.2, -0.15) is 0 Å². The van der Waals surface area contributed by atoms with Crippen molar-refractivity contribution in [1.82, 2.24) is 0 Å². The van der Waals surface area contributed by atoms with Gasteiger partial charge in [0.25, 0.3) is 0 Å². The molecule has 0 bridgehead atoms. The van der Waals surface area contributed by atoms with Gasteiger partial charge in [0, 0.05) is 44.2 Å². The summed E-state index contributed by atoms with van der Waals surface area (Å²) in [6.45, 7) is 3.03. The van der Waals surface area contributed by atoms with Crippen LogP contribution in [-0.2, 0) is 9.47 Å². The first kappa shape index (κ1) is 13.8. The summed E-state index contributed by atoms with van der Waals surface area (Å²) in [5.74, 6) is -0.0185. The molecule has 1 fully saturated rings. The molecule has 2 atom stereocenters. The van der Waals surface area contributed by atoms with Crippen LogP contribution in [0, 0.1) is 0 Å². The van der Waals surface area contributed by atoms with Gasteiger partial charge >= 0.3 is 0 Å². The van der Waals surface area contributed by atoms with E-state index in [0.29, 0.717) is 11.3 Å². The number of ketones is 1. The summed E-state index contributed by atoms with van der Waals surface area (Å²) in [6.07, 6.45) is 0.109. The third-order valence-electron chi connectivity index (χ3n) is 3.60. The van der Waals surface area contributed by atoms with Crippen molar-refractivity contribution in [2.45, 2.75) is 19.1 Å². The summed E-state index contributed by atoms with van der Waals surface area (Å²) in [5, 5.41) is 0. The van der Waals surface area contributed by atoms with Crippen molar-refractivity contribution < 1.29 is 14.3 Å². The number of anilines is 2. The van der Waals surface area contributed by atoms with Crippen molar-refractivity contribution in [2.24, 2.45) is 0 Å². The number of nitrogen functional groups attached to an aromatic ring is 1. The van der Waals surface area contributed by atoms with E-state index < -0.39 is 0 Å². The van der Waals surface area contributed by atoms with Crippen LogP contribution in [-0.4, -0.2) is 45.3 Å². The van der Waals surface area contributed by atoms with Gasteiger partial charge in [0.1, 0.15) is 12.2 Å². The number of benzene rings is 1. The number of hydrogen-bond acceptors (Lipinski definition) is 5. The van der Waals surface area contributed by atoms with E-state index in [1.54, 1.807) is 20.3 Å². The van der Waals surface area contributed by atoms with Crippen LogP contribution in [0.5, 0.6) is 0 Å². The number of Topliss-reactive ketones (excluding diaryl/α,β-unsaturated/α-hetero) is 1. The molecule has 19 heavy (non-hydrogen) atoms. The normalized spacial score (nSPS) is 22.8. The van der Waals surface area contributed by atoms with Crippen molar-refractivity contribution in [3.8, 4) is 0 Å². The van der Waals surface area contributed by atoms with E-state index in [0.717, 1.165) is 18.8 Å². The lowest BCUT2D eigenvalue weighted by atomic mass is 10.1. The molecule has 5 nitrogen and oxygen atoms in total. The molecule has 1 aromatic rings. The Morgan fingerprint density at radius 1 is 1.26 bits per heavy atom. The van der Waals surface area contributed by atoms with Crippen molar-refractivity contribution in [1.29, 1.82) is 0 Å². The van der Waals surface area contributed by atoms with Crippen molar-refractivity contribution in [2.75, 3.05) is 37.9 Å². The minimum Gasteiger partial charge on any atom is -0.398 e. The number of nitrogens with zero attached hydrogens (tertiary/aromatic N) is 1. The molecular weight excluding hydrogens is 244 g/mol. The molecule has 0 radical (unpaired) electrons. The minimum atomic E-state index is -0.0185. The molecular formula is C14H20N2O3. The maximum Gasteiger partial charge on any atom is 0.161 e. The average molecular weight is 264 g/mol. The van der Waals surface area contributed by atoms with E-state index in [2.05, 4.69) is 4.90 Å². The molecule has 1 heterocycles. The van der Waals surface area contributed by atoms with Crippen LogP contribution >= 0.6 is 0 Å². The standard InChI is InChI=1S/C14H20N2O3/c1-9(17)11-5-4-10(6-12(11)15)16-7-13(18-2)14(8-16)19-3/h4-6,13-14H,7-8,15H2,1-3H3. The highest BCUT2D eigenvalue weighted by Crippen LogP contribution is 2.26. The molecule has 1 saturated heterocycles. The second-order valence-corrected chi connectivity index (χ2v) is 4.78. The quantitative estimate of drug-likeness (QED) is 0.656. The van der Waals surface area contributed by atoms with Gasteiger partial charge < -0.3 is 20.1 Å². The monoisotopic (exact) mass is 264 g/mol. The summed E-state index contributed by atoms with van der Waals surface area (Å²) in [5.41, 5.74) is 7.98. The number of nitrogens with two attached hydrogens (primary N) is 1. The first-order valence-corrected chi connectivity index (χ1v) is 6.27. The number of carbonyl (C=O) groups excluding carboxylic acids is 1. The fourth-order valence-electron chi connectivity index (χ4n) is 2.47. The van der Waals surface area contributed by atoms with Gasteiger partial charge in [-0.05, 0) is 25.1 Å². The first-order chi connectivity index (χ1) is 9.06. The Balaban J connectivity index is 2.20. The van der Waals surface area contributed by atoms with E-state index in [1.165, 1.54) is 6.92 Å². The van der Waals surface area contributed by atoms with Gasteiger partial charge in [-0.15, -0.1) is 0 Å². The molecule has 104 valence electrons. The third kappa shape index (κ3) is 2.72. The molecule has 2 unspecified atom stereocenters. The predicted octanol–water partition coefficient (Wildman–Crippen LogP) is 1.32. The Morgan fingerprint density at radius 2 is 1.84 bits per heavy atom. The largest absolute Gasteiger partial charge is 0.398 e. The molecule has 0 spiro atoms. The predicted molar refractivity (Wildman–Crippen MR) is 74.7 cm³/mol. The van der Waals surface area contributed by atoms with Crippen LogP contribution in [0.2, 0.25) is 0 Å². The summed E-state index contributed by atoms with van der Waals surface area (Å²) in [7, 11) is 3.38. The Morgan fingerprint density at radius 3 is 2.26 bits per heavy atom. The Bertz CT molecular complexity index is 464. The van der Waals surface area contributed by atoms with Crippen molar-refractivity contribution in [3.63, 3.8) is 0 Å². The summed E-state index contributed by atoms with van der Waals surface area (Å²) >= 11 is 0. The number of carbonyl (C=O) groups is 1. The molecule has 1 aliphatic rings. The van der Waals surface area contributed by atoms with Crippen LogP contribution in [0.3, 0.4) is 0 Å². The fourth-order valence-corrected chi connectivity index (χ4v) is 2.47. The van der Waals surface area contributed by atoms with E-state index in [4.69, 9.17) is 15.2 Å². The smallest absolute Gasteiger partial charge is 0.161 e. The molecule has 0 saturated carbocycles. The number of rotatable bonds is 4. The zero-order valence-electron chi connectivity index (χ0n) is 11.6. The molecule has 1 aliphatic heterocycles. The summed E-state index contributed by atoms with van der Waals surface area (Å²) < 4.78 is 10.8. The van der Waals surface area contributed by atoms with E-state index in [-0.39, 0.29) is 18.0 Å². The fraction of sp³-hybridized carbons (Fsp3) is 0.500. The lowest BCUT2D eigenvalue weighted by Gasteiger charge is -2.19. The van der Waals surface area contributed by atoms with Crippen LogP contribution < -0.4 is 10.6 Å². The molecule has 0 aromatic heterocycles. The van der Waals surface area contributed by atoms with Crippen molar-refractivity contribution in [3.05, 3.63) is 23.8 Å². The van der Waals surface area contributed by atoms with E-state index in [1.807, 2.05) is 12.1 Å². The second kappa shape index (κ2) is 5.59. The molecule has 1 aromatic carbocycles. The zero-order valence-corrected chi connectivity index (χ0v) is 11.6. The van der Waals surface area contributed by atoms with E-state index in [9.17, 15) is 4.79 Å². The number of methoxy groups -OCH3 is 2. The molecule has 2 rings (SSSR count). The van der Waals surface area contributed by atoms with Gasteiger partial charge in [-0.25, -0.2) is 0 Å². The maximum atomic E-state index is 11.4. The van der Waals surface area contributed by atoms with Gasteiger partial charge in [0.2, 0.25) is 0 Å². The third-order valence-corrected chi connectivity index (χ3v) is 3.60. The van der Waals surface area contributed by atoms with E-state index >= 15 is 0 Å². The molecule has 0 amide bonds. The number of ether oxygens (including phenoxy) is 2. The minimum absolute atomic E-state index is 0.0185. The second-order valence-electron chi connectivity index (χ2n) is 4.78. The van der Waals surface area contributed by atoms with Gasteiger partial charge in [0.15, 0.2) is 5.78 Å². The Hall–Kier alpha value is -1.59. The van der Waals surface area contributed by atoms with Crippen LogP contribution in [0.1, 0.15) is 17.3 Å². The average Bonchev–Trinajstić information content (AvgIpc) is 2.81. The first-order valence-electron chi connectivity index (χ1n) is 6.27. The highest BCUT2D eigenvalue weighted by Gasteiger charge is 2.33. The summed E-state index contributed by atoms with van der Waals surface area (Å²) in [4.78, 5) is 13.5. The van der Waals surface area contributed by atoms with Crippen molar-refractivity contribution >= 4 is 17.2 Å². The Kier molecular flexibility index (Phi) is 4.07. The lowest BCUT2D eigenvalue weighted by Crippen LogP contribution is -2.27. The highest BCUT2D eigenvalue weighted by atomic mass is 16.5. The van der Waals surface area contributed by atoms with Gasteiger partial charge in [0.05, 0.1) is 0 Å². The Labute approximate surface area is 113 Å². The van der Waals surface area contributed by atoms with Gasteiger partial charge in [-0.1, -0.05) is 0 Å². The molecule has 0 aliphatic carbocycles. The molecule has 5 heteroatoms. The van der Waals surface area contributed by atoms with Crippen LogP contribution in [0.15, 0.2) is 18.2 Å². The highest BCUT2D eigenvalue weighted by molar-refractivity contribution is 5.99.